The van der Waals surface area contributed by atoms with Gasteiger partial charge < -0.3 is 15.0 Å². The van der Waals surface area contributed by atoms with Crippen molar-refractivity contribution in [2.45, 2.75) is 26.9 Å². The molecule has 23 heavy (non-hydrogen) atoms. The van der Waals surface area contributed by atoms with Crippen LogP contribution in [0.3, 0.4) is 0 Å². The minimum absolute atomic E-state index is 0.576. The molecule has 0 aliphatic rings. The van der Waals surface area contributed by atoms with Crippen LogP contribution in [0.15, 0.2) is 34.6 Å². The van der Waals surface area contributed by atoms with E-state index in [1.165, 1.54) is 0 Å². The van der Waals surface area contributed by atoms with Crippen molar-refractivity contribution in [3.05, 3.63) is 45.9 Å². The van der Waals surface area contributed by atoms with Crippen molar-refractivity contribution in [2.24, 2.45) is 4.99 Å². The standard InChI is InChI=1S/C17H24N4OS/c1-5-18-17(21(3)11-15-12-23-13(2)20-15)19-10-14-8-6-7-9-16(14)22-4/h6-9,12H,5,10-11H2,1-4H3,(H,18,19). The van der Waals surface area contributed by atoms with Crippen LogP contribution in [0.4, 0.5) is 0 Å². The Balaban J connectivity index is 2.09. The molecule has 0 atom stereocenters. The first-order valence-corrected chi connectivity index (χ1v) is 8.54. The van der Waals surface area contributed by atoms with Gasteiger partial charge in [0.25, 0.3) is 0 Å². The molecule has 0 spiro atoms. The zero-order valence-electron chi connectivity index (χ0n) is 14.2. The molecule has 0 aliphatic heterocycles. The van der Waals surface area contributed by atoms with Gasteiger partial charge in [-0.2, -0.15) is 0 Å². The fourth-order valence-electron chi connectivity index (χ4n) is 2.26. The van der Waals surface area contributed by atoms with E-state index in [-0.39, 0.29) is 0 Å². The summed E-state index contributed by atoms with van der Waals surface area (Å²) in [6.45, 7) is 6.23. The molecular weight excluding hydrogens is 308 g/mol. The average molecular weight is 332 g/mol. The third-order valence-corrected chi connectivity index (χ3v) is 4.18. The lowest BCUT2D eigenvalue weighted by molar-refractivity contribution is 0.409. The monoisotopic (exact) mass is 332 g/mol. The lowest BCUT2D eigenvalue weighted by Gasteiger charge is -2.21. The maximum atomic E-state index is 5.38. The number of hydrogen-bond acceptors (Lipinski definition) is 4. The van der Waals surface area contributed by atoms with Crippen LogP contribution in [0.2, 0.25) is 0 Å². The first-order valence-electron chi connectivity index (χ1n) is 7.66. The minimum atomic E-state index is 0.576. The van der Waals surface area contributed by atoms with Crippen molar-refractivity contribution in [2.75, 3.05) is 20.7 Å². The van der Waals surface area contributed by atoms with E-state index >= 15 is 0 Å². The number of benzene rings is 1. The van der Waals surface area contributed by atoms with Crippen LogP contribution in [0, 0.1) is 6.92 Å². The van der Waals surface area contributed by atoms with Gasteiger partial charge in [-0.25, -0.2) is 9.98 Å². The van der Waals surface area contributed by atoms with Gasteiger partial charge in [0.2, 0.25) is 0 Å². The van der Waals surface area contributed by atoms with E-state index in [0.29, 0.717) is 6.54 Å². The van der Waals surface area contributed by atoms with Crippen LogP contribution in [-0.2, 0) is 13.1 Å². The third-order valence-electron chi connectivity index (χ3n) is 3.35. The number of thiazole rings is 1. The van der Waals surface area contributed by atoms with Crippen LogP contribution in [-0.4, -0.2) is 36.5 Å². The normalized spacial score (nSPS) is 11.4. The Morgan fingerprint density at radius 1 is 1.39 bits per heavy atom. The summed E-state index contributed by atoms with van der Waals surface area (Å²) in [6.07, 6.45) is 0. The molecule has 0 amide bonds. The Morgan fingerprint density at radius 2 is 2.17 bits per heavy atom. The molecule has 2 rings (SSSR count). The molecule has 0 unspecified atom stereocenters. The van der Waals surface area contributed by atoms with Gasteiger partial charge in [0.1, 0.15) is 5.75 Å². The summed E-state index contributed by atoms with van der Waals surface area (Å²) in [7, 11) is 3.71. The van der Waals surface area contributed by atoms with Crippen LogP contribution in [0.25, 0.3) is 0 Å². The lowest BCUT2D eigenvalue weighted by atomic mass is 10.2. The number of rotatable bonds is 6. The maximum absolute atomic E-state index is 5.38. The Hall–Kier alpha value is -2.08. The van der Waals surface area contributed by atoms with Crippen molar-refractivity contribution >= 4 is 17.3 Å². The molecule has 0 aliphatic carbocycles. The zero-order chi connectivity index (χ0) is 16.7. The highest BCUT2D eigenvalue weighted by atomic mass is 32.1. The Kier molecular flexibility index (Phi) is 6.40. The number of nitrogens with zero attached hydrogens (tertiary/aromatic N) is 3. The summed E-state index contributed by atoms with van der Waals surface area (Å²) in [5.41, 5.74) is 2.14. The Bertz CT molecular complexity index is 654. The quantitative estimate of drug-likeness (QED) is 0.652. The van der Waals surface area contributed by atoms with E-state index in [4.69, 9.17) is 9.73 Å². The predicted octanol–water partition coefficient (Wildman–Crippen LogP) is 3.06. The van der Waals surface area contributed by atoms with Crippen molar-refractivity contribution in [3.8, 4) is 5.75 Å². The van der Waals surface area contributed by atoms with Crippen LogP contribution in [0.1, 0.15) is 23.2 Å². The Labute approximate surface area is 142 Å². The number of guanidine groups is 1. The van der Waals surface area contributed by atoms with E-state index in [9.17, 15) is 0 Å². The van der Waals surface area contributed by atoms with Crippen molar-refractivity contribution in [1.29, 1.82) is 0 Å². The summed E-state index contributed by atoms with van der Waals surface area (Å²) < 4.78 is 5.38. The SMILES string of the molecule is CCNC(=NCc1ccccc1OC)N(C)Cc1csc(C)n1. The average Bonchev–Trinajstić information content (AvgIpc) is 2.96. The predicted molar refractivity (Wildman–Crippen MR) is 96.1 cm³/mol. The first-order chi connectivity index (χ1) is 11.1. The van der Waals surface area contributed by atoms with Gasteiger partial charge in [-0.15, -0.1) is 11.3 Å². The molecule has 0 saturated carbocycles. The molecule has 1 aromatic heterocycles. The molecule has 6 heteroatoms. The molecular formula is C17H24N4OS. The molecule has 2 aromatic rings. The molecule has 0 fully saturated rings. The van der Waals surface area contributed by atoms with Gasteiger partial charge in [-0.1, -0.05) is 18.2 Å². The zero-order valence-corrected chi connectivity index (χ0v) is 15.0. The number of aromatic nitrogens is 1. The molecule has 1 aromatic carbocycles. The number of aliphatic imine (C=N–C) groups is 1. The number of para-hydroxylation sites is 1. The van der Waals surface area contributed by atoms with Crippen molar-refractivity contribution in [3.63, 3.8) is 0 Å². The number of methoxy groups -OCH3 is 1. The van der Waals surface area contributed by atoms with Gasteiger partial charge in [0, 0.05) is 24.5 Å². The topological polar surface area (TPSA) is 49.8 Å². The van der Waals surface area contributed by atoms with Crippen molar-refractivity contribution < 1.29 is 4.74 Å². The fourth-order valence-corrected chi connectivity index (χ4v) is 2.87. The third kappa shape index (κ3) is 4.96. The molecule has 1 heterocycles. The van der Waals surface area contributed by atoms with Gasteiger partial charge >= 0.3 is 0 Å². The van der Waals surface area contributed by atoms with Crippen molar-refractivity contribution in [1.82, 2.24) is 15.2 Å². The van der Waals surface area contributed by atoms with Crippen LogP contribution < -0.4 is 10.1 Å². The second kappa shape index (κ2) is 8.53. The molecule has 0 radical (unpaired) electrons. The molecule has 0 saturated heterocycles. The summed E-state index contributed by atoms with van der Waals surface area (Å²) in [5, 5.41) is 6.51. The molecule has 124 valence electrons. The van der Waals surface area contributed by atoms with E-state index in [1.807, 2.05) is 38.2 Å². The molecule has 0 bridgehead atoms. The van der Waals surface area contributed by atoms with E-state index < -0.39 is 0 Å². The number of aryl methyl sites for hydroxylation is 1. The highest BCUT2D eigenvalue weighted by Crippen LogP contribution is 2.18. The van der Waals surface area contributed by atoms with Crippen LogP contribution >= 0.6 is 11.3 Å². The smallest absolute Gasteiger partial charge is 0.194 e. The maximum Gasteiger partial charge on any atom is 0.194 e. The second-order valence-electron chi connectivity index (χ2n) is 5.20. The van der Waals surface area contributed by atoms with Gasteiger partial charge in [0.05, 0.1) is 30.9 Å². The lowest BCUT2D eigenvalue weighted by Crippen LogP contribution is -2.38. The number of hydrogen-bond donors (Lipinski definition) is 1. The highest BCUT2D eigenvalue weighted by molar-refractivity contribution is 7.09. The first kappa shape index (κ1) is 17.3. The van der Waals surface area contributed by atoms with E-state index in [0.717, 1.165) is 41.1 Å². The highest BCUT2D eigenvalue weighted by Gasteiger charge is 2.09. The summed E-state index contributed by atoms with van der Waals surface area (Å²) in [6, 6.07) is 7.96. The summed E-state index contributed by atoms with van der Waals surface area (Å²) >= 11 is 1.67. The van der Waals surface area contributed by atoms with Crippen LogP contribution in [0.5, 0.6) is 5.75 Å². The minimum Gasteiger partial charge on any atom is -0.496 e. The number of ether oxygens (including phenoxy) is 1. The van der Waals surface area contributed by atoms with Gasteiger partial charge in [0.15, 0.2) is 5.96 Å². The Morgan fingerprint density at radius 3 is 2.83 bits per heavy atom. The summed E-state index contributed by atoms with van der Waals surface area (Å²) in [5.74, 6) is 1.73. The molecule has 1 N–H and O–H groups in total. The molecule has 5 nitrogen and oxygen atoms in total. The van der Waals surface area contributed by atoms with Gasteiger partial charge in [-0.05, 0) is 19.9 Å². The number of nitrogens with one attached hydrogen (secondary N) is 1. The van der Waals surface area contributed by atoms with Gasteiger partial charge in [-0.3, -0.25) is 0 Å². The summed E-state index contributed by atoms with van der Waals surface area (Å²) in [4.78, 5) is 11.3. The van der Waals surface area contributed by atoms with E-state index in [1.54, 1.807) is 18.4 Å². The van der Waals surface area contributed by atoms with E-state index in [2.05, 4.69) is 27.5 Å². The fraction of sp³-hybridized carbons (Fsp3) is 0.412. The second-order valence-corrected chi connectivity index (χ2v) is 6.26. The largest absolute Gasteiger partial charge is 0.496 e.